The molecule has 0 radical (unpaired) electrons. The Morgan fingerprint density at radius 1 is 1.12 bits per heavy atom. The van der Waals surface area contributed by atoms with E-state index in [1.807, 2.05) is 19.0 Å². The lowest BCUT2D eigenvalue weighted by molar-refractivity contribution is -0.180. The Morgan fingerprint density at radius 3 is 2.36 bits per heavy atom. The fraction of sp³-hybridized carbons (Fsp3) is 0.517. The number of nitrogens with zero attached hydrogens (tertiary/aromatic N) is 2. The Labute approximate surface area is 247 Å². The highest BCUT2D eigenvalue weighted by molar-refractivity contribution is 7.99. The van der Waals surface area contributed by atoms with E-state index in [0.29, 0.717) is 17.1 Å². The quantitative estimate of drug-likeness (QED) is 0.152. The second-order valence-electron chi connectivity index (χ2n) is 11.3. The Morgan fingerprint density at radius 2 is 1.79 bits per heavy atom. The van der Waals surface area contributed by atoms with E-state index in [9.17, 15) is 39.6 Å². The number of aliphatic hydroxyl groups excluding tert-OH is 2. The zero-order valence-electron chi connectivity index (χ0n) is 24.2. The van der Waals surface area contributed by atoms with Gasteiger partial charge in [0.25, 0.3) is 5.91 Å². The minimum atomic E-state index is -2.96. The molecule has 0 aromatic heterocycles. The van der Waals surface area contributed by atoms with E-state index in [0.717, 1.165) is 6.54 Å². The van der Waals surface area contributed by atoms with Gasteiger partial charge in [0, 0.05) is 41.9 Å². The first-order valence-electron chi connectivity index (χ1n) is 13.6. The van der Waals surface area contributed by atoms with Crippen molar-refractivity contribution in [2.24, 2.45) is 17.6 Å². The van der Waals surface area contributed by atoms with E-state index in [1.54, 1.807) is 30.8 Å². The van der Waals surface area contributed by atoms with Crippen LogP contribution in [0.25, 0.3) is 0 Å². The third-order valence-corrected chi connectivity index (χ3v) is 9.37. The van der Waals surface area contributed by atoms with Gasteiger partial charge >= 0.3 is 5.97 Å². The van der Waals surface area contributed by atoms with Crippen LogP contribution in [-0.4, -0.2) is 118 Å². The Hall–Kier alpha value is -3.39. The molecule has 0 saturated heterocycles. The van der Waals surface area contributed by atoms with Crippen molar-refractivity contribution in [3.63, 3.8) is 0 Å². The van der Waals surface area contributed by atoms with Gasteiger partial charge in [0.05, 0.1) is 17.5 Å². The maximum absolute atomic E-state index is 14.0. The number of ketones is 2. The van der Waals surface area contributed by atoms with Crippen molar-refractivity contribution < 1.29 is 44.3 Å². The van der Waals surface area contributed by atoms with Crippen LogP contribution >= 0.6 is 11.8 Å². The lowest BCUT2D eigenvalue weighted by Crippen LogP contribution is -2.69. The van der Waals surface area contributed by atoms with E-state index < -0.39 is 81.6 Å². The second-order valence-corrected chi connectivity index (χ2v) is 12.5. The Kier molecular flexibility index (Phi) is 8.79. The summed E-state index contributed by atoms with van der Waals surface area (Å²) < 4.78 is 5.93. The van der Waals surface area contributed by atoms with E-state index in [4.69, 9.17) is 10.5 Å². The van der Waals surface area contributed by atoms with Gasteiger partial charge in [-0.1, -0.05) is 19.1 Å². The minimum absolute atomic E-state index is 0.0814. The molecule has 1 aromatic rings. The van der Waals surface area contributed by atoms with Crippen LogP contribution in [-0.2, 0) is 19.1 Å². The highest BCUT2D eigenvalue weighted by Crippen LogP contribution is 2.57. The number of carbonyl (C=O) groups excluding carboxylic acids is 4. The third-order valence-electron chi connectivity index (χ3n) is 8.31. The molecule has 4 rings (SSSR count). The van der Waals surface area contributed by atoms with Crippen LogP contribution in [0.2, 0.25) is 0 Å². The summed E-state index contributed by atoms with van der Waals surface area (Å²) in [6.07, 6.45) is -1.50. The molecule has 1 aromatic carbocycles. The number of aromatic hydroxyl groups is 1. The maximum Gasteiger partial charge on any atom is 0.305 e. The number of phenols is 1. The van der Waals surface area contributed by atoms with Crippen molar-refractivity contribution in [3.05, 3.63) is 52.0 Å². The fourth-order valence-corrected chi connectivity index (χ4v) is 7.71. The second kappa shape index (κ2) is 11.7. The summed E-state index contributed by atoms with van der Waals surface area (Å²) in [5.74, 6) is -8.60. The van der Waals surface area contributed by atoms with E-state index in [1.165, 1.54) is 25.1 Å². The number of hydrogen-bond acceptors (Lipinski definition) is 12. The first-order valence-corrected chi connectivity index (χ1v) is 14.7. The SMILES string of the molecule is CCC(=O)O[C@H]1[C@H]2C(=C(O)[C@]3(O)C(=O)C(C(N)=O)=C(O)[C@@H](N(C)C)[C@H]13)C(=O)c1c(O)cccc1[C@@H]2CSCCN(C)C. The van der Waals surface area contributed by atoms with Gasteiger partial charge in [-0.15, -0.1) is 0 Å². The molecule has 0 unspecified atom stereocenters. The number of amides is 1. The number of ether oxygens (including phenoxy) is 1. The molecule has 6 atom stereocenters. The van der Waals surface area contributed by atoms with Crippen LogP contribution in [0.5, 0.6) is 5.75 Å². The monoisotopic (exact) mass is 603 g/mol. The topological polar surface area (TPSA) is 191 Å². The van der Waals surface area contributed by atoms with Crippen LogP contribution in [0.3, 0.4) is 0 Å². The van der Waals surface area contributed by atoms with Crippen LogP contribution in [0, 0.1) is 11.8 Å². The van der Waals surface area contributed by atoms with Gasteiger partial charge in [-0.25, -0.2) is 0 Å². The lowest BCUT2D eigenvalue weighted by atomic mass is 9.55. The van der Waals surface area contributed by atoms with Gasteiger partial charge in [-0.3, -0.25) is 24.1 Å². The van der Waals surface area contributed by atoms with Crippen LogP contribution in [0.1, 0.15) is 35.2 Å². The van der Waals surface area contributed by atoms with Gasteiger partial charge in [0.1, 0.15) is 28.9 Å². The summed E-state index contributed by atoms with van der Waals surface area (Å²) in [7, 11) is 6.88. The number of benzene rings is 1. The van der Waals surface area contributed by atoms with E-state index in [-0.39, 0.29) is 17.7 Å². The molecule has 3 aliphatic carbocycles. The van der Waals surface area contributed by atoms with Gasteiger partial charge in [-0.05, 0) is 39.8 Å². The van der Waals surface area contributed by atoms with Crippen molar-refractivity contribution in [2.45, 2.75) is 37.0 Å². The molecule has 0 spiro atoms. The Balaban J connectivity index is 2.05. The summed E-state index contributed by atoms with van der Waals surface area (Å²) in [5.41, 5.74) is 1.50. The molecule has 42 heavy (non-hydrogen) atoms. The summed E-state index contributed by atoms with van der Waals surface area (Å²) in [4.78, 5) is 56.5. The average Bonchev–Trinajstić information content (AvgIpc) is 2.90. The third kappa shape index (κ3) is 4.87. The number of likely N-dealkylation sites (N-methyl/N-ethyl adjacent to an activating group) is 1. The summed E-state index contributed by atoms with van der Waals surface area (Å²) >= 11 is 1.54. The highest BCUT2D eigenvalue weighted by Gasteiger charge is 2.68. The number of aliphatic hydroxyl groups is 3. The smallest absolute Gasteiger partial charge is 0.305 e. The average molecular weight is 604 g/mol. The number of primary amides is 1. The Bertz CT molecular complexity index is 1390. The number of fused-ring (bicyclic) bond motifs is 3. The van der Waals surface area contributed by atoms with Crippen LogP contribution in [0.4, 0.5) is 0 Å². The number of thioether (sulfide) groups is 1. The highest BCUT2D eigenvalue weighted by atomic mass is 32.2. The van der Waals surface area contributed by atoms with Gasteiger partial charge in [0.2, 0.25) is 5.78 Å². The van der Waals surface area contributed by atoms with Crippen molar-refractivity contribution in [1.29, 1.82) is 0 Å². The summed E-state index contributed by atoms with van der Waals surface area (Å²) in [6.45, 7) is 2.29. The number of phenolic OH excluding ortho intramolecular Hbond substituents is 1. The zero-order valence-corrected chi connectivity index (χ0v) is 25.0. The van der Waals surface area contributed by atoms with Gasteiger partial charge in [0.15, 0.2) is 11.4 Å². The standard InChI is InChI=1S/C29H37N3O9S/c1-6-16(34)41-25-18-14(12-42-11-10-31(2)3)13-8-7-9-15(33)17(13)23(35)19(18)26(37)29(40)21(25)22(32(4)5)24(36)20(27(29)38)28(30)39/h7-9,14,18,21-22,25,33,36-37,40H,6,10-12H2,1-5H3,(H2,30,39)/t14-,18+,21+,22-,25-,29-/m0/s1. The zero-order chi connectivity index (χ0) is 31.3. The van der Waals surface area contributed by atoms with Crippen LogP contribution < -0.4 is 5.73 Å². The lowest BCUT2D eigenvalue weighted by Gasteiger charge is -2.54. The number of esters is 1. The molecular formula is C29H37N3O9S. The number of nitrogens with two attached hydrogens (primary N) is 1. The number of carbonyl (C=O) groups is 4. The molecule has 0 saturated carbocycles. The summed E-state index contributed by atoms with van der Waals surface area (Å²) in [5, 5.41) is 45.8. The normalized spacial score (nSPS) is 29.0. The predicted molar refractivity (Wildman–Crippen MR) is 154 cm³/mol. The molecule has 6 N–H and O–H groups in total. The molecule has 0 aliphatic heterocycles. The largest absolute Gasteiger partial charge is 0.510 e. The minimum Gasteiger partial charge on any atom is -0.510 e. The van der Waals surface area contributed by atoms with Gasteiger partial charge in [-0.2, -0.15) is 11.8 Å². The maximum atomic E-state index is 14.0. The first-order chi connectivity index (χ1) is 19.7. The number of Topliss-reactive ketones (excluding diaryl/α,β-unsaturated/α-hetero) is 2. The van der Waals surface area contributed by atoms with Gasteiger partial charge < -0.3 is 35.8 Å². The van der Waals surface area contributed by atoms with Crippen molar-refractivity contribution in [3.8, 4) is 5.75 Å². The molecule has 3 aliphatic rings. The first kappa shape index (κ1) is 31.5. The molecule has 0 bridgehead atoms. The van der Waals surface area contributed by atoms with Crippen molar-refractivity contribution >= 4 is 35.2 Å². The molecule has 0 fully saturated rings. The summed E-state index contributed by atoms with van der Waals surface area (Å²) in [6, 6.07) is 3.26. The molecule has 1 amide bonds. The van der Waals surface area contributed by atoms with Crippen molar-refractivity contribution in [1.82, 2.24) is 9.80 Å². The molecule has 0 heterocycles. The fourth-order valence-electron chi connectivity index (χ4n) is 6.41. The molecule has 13 heteroatoms. The number of hydrogen-bond donors (Lipinski definition) is 5. The van der Waals surface area contributed by atoms with Crippen LogP contribution in [0.15, 0.2) is 40.9 Å². The molecule has 12 nitrogen and oxygen atoms in total. The van der Waals surface area contributed by atoms with Crippen molar-refractivity contribution in [2.75, 3.05) is 46.2 Å². The van der Waals surface area contributed by atoms with E-state index >= 15 is 0 Å². The molecule has 228 valence electrons. The predicted octanol–water partition coefficient (Wildman–Crippen LogP) is 0.888. The molecular weight excluding hydrogens is 566 g/mol. The number of rotatable bonds is 9. The van der Waals surface area contributed by atoms with E-state index in [2.05, 4.69) is 0 Å².